The van der Waals surface area contributed by atoms with Gasteiger partial charge in [0.2, 0.25) is 0 Å². The predicted octanol–water partition coefficient (Wildman–Crippen LogP) is 1.16. The van der Waals surface area contributed by atoms with Crippen molar-refractivity contribution in [3.05, 3.63) is 0 Å². The molecule has 0 aromatic carbocycles. The molecule has 3 aliphatic rings. The first-order valence-corrected chi connectivity index (χ1v) is 7.59. The number of nitrogens with one attached hydrogen (secondary N) is 1. The van der Waals surface area contributed by atoms with Crippen LogP contribution in [0.3, 0.4) is 0 Å². The largest absolute Gasteiger partial charge is 0.317 e. The monoisotopic (exact) mass is 237 g/mol. The van der Waals surface area contributed by atoms with Gasteiger partial charge < -0.3 is 10.2 Å². The molecule has 3 fully saturated rings. The molecule has 1 unspecified atom stereocenters. The maximum Gasteiger partial charge on any atom is 0.0224 e. The fraction of sp³-hybridized carbons (Fsp3) is 1.00. The Kier molecular flexibility index (Phi) is 3.99. The van der Waals surface area contributed by atoms with Crippen molar-refractivity contribution in [2.75, 3.05) is 45.8 Å². The Bertz CT molecular complexity index is 238. The Balaban J connectivity index is 1.40. The molecule has 3 saturated heterocycles. The lowest BCUT2D eigenvalue weighted by Gasteiger charge is -2.38. The van der Waals surface area contributed by atoms with Gasteiger partial charge in [0.05, 0.1) is 0 Å². The van der Waals surface area contributed by atoms with Crippen LogP contribution < -0.4 is 5.32 Å². The number of nitrogens with zero attached hydrogens (tertiary/aromatic N) is 2. The van der Waals surface area contributed by atoms with E-state index in [1.807, 2.05) is 0 Å². The fourth-order valence-corrected chi connectivity index (χ4v) is 3.79. The molecule has 0 aromatic rings. The Morgan fingerprint density at radius 3 is 2.76 bits per heavy atom. The van der Waals surface area contributed by atoms with Gasteiger partial charge in [0, 0.05) is 25.7 Å². The molecule has 1 atom stereocenters. The van der Waals surface area contributed by atoms with Gasteiger partial charge in [-0.05, 0) is 64.2 Å². The third-order valence-corrected chi connectivity index (χ3v) is 4.98. The Morgan fingerprint density at radius 2 is 1.88 bits per heavy atom. The van der Waals surface area contributed by atoms with E-state index < -0.39 is 0 Å². The summed E-state index contributed by atoms with van der Waals surface area (Å²) in [5, 5.41) is 3.46. The molecule has 0 aliphatic carbocycles. The van der Waals surface area contributed by atoms with Crippen LogP contribution in [0.5, 0.6) is 0 Å². The van der Waals surface area contributed by atoms with Crippen LogP contribution in [-0.2, 0) is 0 Å². The summed E-state index contributed by atoms with van der Waals surface area (Å²) in [6.07, 6.45) is 7.14. The molecule has 0 radical (unpaired) electrons. The third kappa shape index (κ3) is 3.01. The molecule has 0 amide bonds. The topological polar surface area (TPSA) is 18.5 Å². The van der Waals surface area contributed by atoms with Crippen LogP contribution in [-0.4, -0.2) is 61.7 Å². The van der Waals surface area contributed by atoms with Crippen molar-refractivity contribution < 1.29 is 0 Å². The number of rotatable bonds is 3. The normalized spacial score (nSPS) is 32.8. The Labute approximate surface area is 106 Å². The van der Waals surface area contributed by atoms with Gasteiger partial charge in [-0.2, -0.15) is 0 Å². The molecule has 0 saturated carbocycles. The van der Waals surface area contributed by atoms with E-state index in [4.69, 9.17) is 0 Å². The number of hydrogen-bond donors (Lipinski definition) is 1. The minimum Gasteiger partial charge on any atom is -0.317 e. The SMILES string of the molecule is C1CC2CN(CCC3CCNCC3)CCN2C1. The van der Waals surface area contributed by atoms with Gasteiger partial charge in [-0.3, -0.25) is 4.90 Å². The van der Waals surface area contributed by atoms with E-state index in [0.717, 1.165) is 12.0 Å². The number of piperazine rings is 1. The van der Waals surface area contributed by atoms with Crippen LogP contribution >= 0.6 is 0 Å². The zero-order chi connectivity index (χ0) is 11.5. The highest BCUT2D eigenvalue weighted by Crippen LogP contribution is 2.23. The minimum atomic E-state index is 0.900. The summed E-state index contributed by atoms with van der Waals surface area (Å²) in [5.41, 5.74) is 0. The number of fused-ring (bicyclic) bond motifs is 1. The zero-order valence-electron chi connectivity index (χ0n) is 11.0. The average molecular weight is 237 g/mol. The van der Waals surface area contributed by atoms with Gasteiger partial charge in [-0.25, -0.2) is 0 Å². The van der Waals surface area contributed by atoms with Gasteiger partial charge in [0.25, 0.3) is 0 Å². The first kappa shape index (κ1) is 11.9. The van der Waals surface area contributed by atoms with Crippen LogP contribution in [0.2, 0.25) is 0 Å². The second-order valence-electron chi connectivity index (χ2n) is 6.11. The van der Waals surface area contributed by atoms with E-state index in [0.29, 0.717) is 0 Å². The smallest absolute Gasteiger partial charge is 0.0224 e. The number of hydrogen-bond acceptors (Lipinski definition) is 3. The highest BCUT2D eigenvalue weighted by Gasteiger charge is 2.30. The van der Waals surface area contributed by atoms with Gasteiger partial charge >= 0.3 is 0 Å². The van der Waals surface area contributed by atoms with Crippen molar-refractivity contribution in [3.8, 4) is 0 Å². The molecule has 17 heavy (non-hydrogen) atoms. The molecular weight excluding hydrogens is 210 g/mol. The van der Waals surface area contributed by atoms with E-state index in [1.54, 1.807) is 0 Å². The Hall–Kier alpha value is -0.120. The van der Waals surface area contributed by atoms with Crippen LogP contribution in [0.15, 0.2) is 0 Å². The quantitative estimate of drug-likeness (QED) is 0.794. The van der Waals surface area contributed by atoms with E-state index in [2.05, 4.69) is 15.1 Å². The maximum absolute atomic E-state index is 3.46. The number of piperidine rings is 1. The molecule has 3 nitrogen and oxygen atoms in total. The van der Waals surface area contributed by atoms with Crippen LogP contribution in [0.4, 0.5) is 0 Å². The van der Waals surface area contributed by atoms with Crippen molar-refractivity contribution in [1.29, 1.82) is 0 Å². The minimum absolute atomic E-state index is 0.900. The molecule has 3 rings (SSSR count). The van der Waals surface area contributed by atoms with Crippen molar-refractivity contribution in [2.45, 2.75) is 38.1 Å². The van der Waals surface area contributed by atoms with Crippen LogP contribution in [0.25, 0.3) is 0 Å². The van der Waals surface area contributed by atoms with Crippen molar-refractivity contribution in [2.24, 2.45) is 5.92 Å². The summed E-state index contributed by atoms with van der Waals surface area (Å²) in [6, 6.07) is 0.900. The van der Waals surface area contributed by atoms with Crippen LogP contribution in [0, 0.1) is 5.92 Å². The summed E-state index contributed by atoms with van der Waals surface area (Å²) < 4.78 is 0. The lowest BCUT2D eigenvalue weighted by Crippen LogP contribution is -2.50. The molecule has 3 heteroatoms. The van der Waals surface area contributed by atoms with Gasteiger partial charge in [0.1, 0.15) is 0 Å². The molecule has 98 valence electrons. The summed E-state index contributed by atoms with van der Waals surface area (Å²) >= 11 is 0. The van der Waals surface area contributed by atoms with Crippen molar-refractivity contribution >= 4 is 0 Å². The maximum atomic E-state index is 3.46. The molecule has 1 N–H and O–H groups in total. The van der Waals surface area contributed by atoms with Gasteiger partial charge in [0.15, 0.2) is 0 Å². The highest BCUT2D eigenvalue weighted by molar-refractivity contribution is 4.87. The molecule has 0 aromatic heterocycles. The van der Waals surface area contributed by atoms with E-state index >= 15 is 0 Å². The van der Waals surface area contributed by atoms with Crippen molar-refractivity contribution in [3.63, 3.8) is 0 Å². The first-order valence-electron chi connectivity index (χ1n) is 7.59. The summed E-state index contributed by atoms with van der Waals surface area (Å²) in [5.74, 6) is 0.998. The summed E-state index contributed by atoms with van der Waals surface area (Å²) in [6.45, 7) is 9.23. The van der Waals surface area contributed by atoms with E-state index in [-0.39, 0.29) is 0 Å². The van der Waals surface area contributed by atoms with Crippen LogP contribution in [0.1, 0.15) is 32.1 Å². The van der Waals surface area contributed by atoms with E-state index in [9.17, 15) is 0 Å². The fourth-order valence-electron chi connectivity index (χ4n) is 3.79. The highest BCUT2D eigenvalue weighted by atomic mass is 15.3. The second-order valence-corrected chi connectivity index (χ2v) is 6.11. The van der Waals surface area contributed by atoms with Crippen molar-refractivity contribution in [1.82, 2.24) is 15.1 Å². The van der Waals surface area contributed by atoms with E-state index in [1.165, 1.54) is 77.9 Å². The molecule has 3 aliphatic heterocycles. The van der Waals surface area contributed by atoms with Gasteiger partial charge in [-0.15, -0.1) is 0 Å². The molecule has 0 spiro atoms. The summed E-state index contributed by atoms with van der Waals surface area (Å²) in [4.78, 5) is 5.44. The molecular formula is C14H27N3. The lowest BCUT2D eigenvalue weighted by atomic mass is 9.94. The second kappa shape index (κ2) is 5.68. The Morgan fingerprint density at radius 1 is 1.00 bits per heavy atom. The zero-order valence-corrected chi connectivity index (χ0v) is 11.0. The third-order valence-electron chi connectivity index (χ3n) is 4.98. The average Bonchev–Trinajstić information content (AvgIpc) is 2.85. The predicted molar refractivity (Wildman–Crippen MR) is 71.2 cm³/mol. The summed E-state index contributed by atoms with van der Waals surface area (Å²) in [7, 11) is 0. The van der Waals surface area contributed by atoms with Gasteiger partial charge in [-0.1, -0.05) is 0 Å². The molecule has 3 heterocycles. The lowest BCUT2D eigenvalue weighted by molar-refractivity contribution is 0.0979. The standard InChI is InChI=1S/C14H27N3/c1-2-14-12-16(10-11-17(14)8-1)9-5-13-3-6-15-7-4-13/h13-15H,1-12H2. The first-order chi connectivity index (χ1) is 8.42. The molecule has 0 bridgehead atoms.